The Balaban J connectivity index is 1.24. The Labute approximate surface area is 249 Å². The van der Waals surface area contributed by atoms with E-state index in [4.69, 9.17) is 0 Å². The number of benzene rings is 8. The lowest BCUT2D eigenvalue weighted by molar-refractivity contribution is 1.42. The minimum Gasteiger partial charge on any atom is -0.0796 e. The van der Waals surface area contributed by atoms with Crippen LogP contribution in [-0.2, 0) is 0 Å². The van der Waals surface area contributed by atoms with Crippen molar-refractivity contribution in [2.75, 3.05) is 0 Å². The third-order valence-electron chi connectivity index (χ3n) is 8.77. The number of hydrogen-bond acceptors (Lipinski definition) is 0. The first-order valence-electron chi connectivity index (χ1n) is 14.6. The molecular weight excluding hydrogens is 516 g/mol. The molecule has 1 aliphatic carbocycles. The summed E-state index contributed by atoms with van der Waals surface area (Å²) in [5.41, 5.74) is 10.5. The molecule has 0 nitrogen and oxygen atoms in total. The summed E-state index contributed by atoms with van der Waals surface area (Å²) in [6.45, 7) is 0. The summed E-state index contributed by atoms with van der Waals surface area (Å²) >= 11 is 0. The second kappa shape index (κ2) is 9.36. The molecule has 0 bridgehead atoms. The molecule has 0 aromatic heterocycles. The standard InChI is InChI=1S/C43H23/c1-6-32-10-3-12-37-28(20-24-34(8-1)41(32)37)16-18-30-22-26-36-27-23-31(40-15-5-14-39(30)43(36)40)19-17-29-21-25-35-9-2-7-33-11-4-13-38(29)42(33)35/h1-15,20-27H. The molecule has 0 heterocycles. The first-order valence-corrected chi connectivity index (χ1v) is 14.6. The molecule has 1 aliphatic rings. The Hall–Kier alpha value is -5.82. The summed E-state index contributed by atoms with van der Waals surface area (Å²) in [6.07, 6.45) is 4.33. The van der Waals surface area contributed by atoms with Crippen molar-refractivity contribution in [2.45, 2.75) is 0 Å². The highest BCUT2D eigenvalue weighted by Gasteiger charge is 2.16. The zero-order valence-electron chi connectivity index (χ0n) is 23.3. The monoisotopic (exact) mass is 539 g/mol. The topological polar surface area (TPSA) is 0 Å². The van der Waals surface area contributed by atoms with Crippen LogP contribution in [0.25, 0.3) is 71.4 Å². The molecule has 0 saturated carbocycles. The van der Waals surface area contributed by atoms with Crippen LogP contribution in [0, 0.1) is 17.8 Å². The van der Waals surface area contributed by atoms with Crippen molar-refractivity contribution in [2.24, 2.45) is 0 Å². The van der Waals surface area contributed by atoms with E-state index in [0.717, 1.165) is 32.7 Å². The third-order valence-corrected chi connectivity index (χ3v) is 8.77. The van der Waals surface area contributed by atoms with Crippen molar-refractivity contribution in [1.82, 2.24) is 0 Å². The lowest BCUT2D eigenvalue weighted by atomic mass is 9.86. The van der Waals surface area contributed by atoms with Crippen molar-refractivity contribution in [3.05, 3.63) is 167 Å². The van der Waals surface area contributed by atoms with E-state index in [1.54, 1.807) is 0 Å². The maximum atomic E-state index is 3.53. The Morgan fingerprint density at radius 1 is 0.372 bits per heavy atom. The van der Waals surface area contributed by atoms with Crippen LogP contribution in [0.2, 0.25) is 0 Å². The van der Waals surface area contributed by atoms with Crippen LogP contribution < -0.4 is 10.4 Å². The molecule has 9 rings (SSSR count). The van der Waals surface area contributed by atoms with E-state index in [1.165, 1.54) is 54.2 Å². The zero-order chi connectivity index (χ0) is 28.3. The van der Waals surface area contributed by atoms with Gasteiger partial charge in [-0.2, -0.15) is 0 Å². The van der Waals surface area contributed by atoms with Crippen molar-refractivity contribution < 1.29 is 0 Å². The highest BCUT2D eigenvalue weighted by atomic mass is 14.2. The van der Waals surface area contributed by atoms with Gasteiger partial charge in [-0.25, -0.2) is 0 Å². The predicted molar refractivity (Wildman–Crippen MR) is 182 cm³/mol. The number of rotatable bonds is 0. The largest absolute Gasteiger partial charge is 0.0998 e. The van der Waals surface area contributed by atoms with E-state index >= 15 is 0 Å². The van der Waals surface area contributed by atoms with E-state index in [2.05, 4.69) is 163 Å². The van der Waals surface area contributed by atoms with Crippen molar-refractivity contribution in [1.29, 1.82) is 0 Å². The molecule has 0 spiro atoms. The molecule has 1 radical (unpaired) electrons. The highest BCUT2D eigenvalue weighted by molar-refractivity contribution is 6.13. The third kappa shape index (κ3) is 3.75. The second-order valence-corrected chi connectivity index (χ2v) is 11.2. The minimum atomic E-state index is 1.03. The van der Waals surface area contributed by atoms with Crippen LogP contribution >= 0.6 is 0 Å². The maximum Gasteiger partial charge on any atom is 0.0998 e. The molecule has 195 valence electrons. The van der Waals surface area contributed by atoms with Crippen LogP contribution in [0.4, 0.5) is 0 Å². The Kier molecular flexibility index (Phi) is 5.19. The van der Waals surface area contributed by atoms with Gasteiger partial charge in [0.2, 0.25) is 0 Å². The molecule has 0 aliphatic heterocycles. The van der Waals surface area contributed by atoms with Crippen LogP contribution in [0.1, 0.15) is 16.7 Å². The van der Waals surface area contributed by atoms with Gasteiger partial charge in [0.15, 0.2) is 0 Å². The summed E-state index contributed by atoms with van der Waals surface area (Å²) in [5, 5.41) is 14.3. The van der Waals surface area contributed by atoms with Gasteiger partial charge in [-0.3, -0.25) is 0 Å². The molecule has 8 aromatic rings. The lowest BCUT2D eigenvalue weighted by Crippen LogP contribution is -2.02. The molecule has 0 unspecified atom stereocenters. The summed E-state index contributed by atoms with van der Waals surface area (Å²) in [4.78, 5) is 0. The first-order chi connectivity index (χ1) is 21.3. The minimum absolute atomic E-state index is 1.03. The van der Waals surface area contributed by atoms with Crippen LogP contribution in [-0.4, -0.2) is 0 Å². The number of allylic oxidation sites excluding steroid dienone is 1. The van der Waals surface area contributed by atoms with Gasteiger partial charge in [0.25, 0.3) is 0 Å². The summed E-state index contributed by atoms with van der Waals surface area (Å²) in [7, 11) is 0. The summed E-state index contributed by atoms with van der Waals surface area (Å²) in [5.74, 6) is 8.10. The lowest BCUT2D eigenvalue weighted by Gasteiger charge is -2.16. The summed E-state index contributed by atoms with van der Waals surface area (Å²) < 4.78 is 0. The van der Waals surface area contributed by atoms with E-state index in [-0.39, 0.29) is 0 Å². The highest BCUT2D eigenvalue weighted by Crippen LogP contribution is 2.34. The smallest absolute Gasteiger partial charge is 0.0796 e. The zero-order valence-corrected chi connectivity index (χ0v) is 23.3. The Morgan fingerprint density at radius 2 is 0.930 bits per heavy atom. The van der Waals surface area contributed by atoms with Gasteiger partial charge in [0.1, 0.15) is 0 Å². The van der Waals surface area contributed by atoms with E-state index in [0.29, 0.717) is 0 Å². The van der Waals surface area contributed by atoms with Crippen LogP contribution in [0.15, 0.2) is 133 Å². The van der Waals surface area contributed by atoms with Gasteiger partial charge in [-0.15, -0.1) is 0 Å². The van der Waals surface area contributed by atoms with Gasteiger partial charge in [0.05, 0.1) is 5.92 Å². The van der Waals surface area contributed by atoms with Gasteiger partial charge < -0.3 is 0 Å². The predicted octanol–water partition coefficient (Wildman–Crippen LogP) is 8.91. The molecule has 0 atom stereocenters. The van der Waals surface area contributed by atoms with Crippen molar-refractivity contribution in [3.63, 3.8) is 0 Å². The first kappa shape index (κ1) is 23.8. The second-order valence-electron chi connectivity index (χ2n) is 11.2. The van der Waals surface area contributed by atoms with Gasteiger partial charge in [0, 0.05) is 16.0 Å². The average molecular weight is 540 g/mol. The van der Waals surface area contributed by atoms with Crippen LogP contribution in [0.5, 0.6) is 0 Å². The molecule has 0 fully saturated rings. The number of hydrogen-bond donors (Lipinski definition) is 0. The molecular formula is C43H23. The van der Waals surface area contributed by atoms with Gasteiger partial charge in [-0.05, 0) is 83.2 Å². The summed E-state index contributed by atoms with van der Waals surface area (Å²) in [6, 6.07) is 45.4. The Bertz CT molecular complexity index is 2670. The fourth-order valence-electron chi connectivity index (χ4n) is 6.76. The fraction of sp³-hybridized carbons (Fsp3) is 0. The normalized spacial score (nSPS) is 12.6. The maximum absolute atomic E-state index is 3.53. The van der Waals surface area contributed by atoms with Crippen LogP contribution in [0.3, 0.4) is 0 Å². The fourth-order valence-corrected chi connectivity index (χ4v) is 6.76. The van der Waals surface area contributed by atoms with E-state index in [1.807, 2.05) is 0 Å². The van der Waals surface area contributed by atoms with Gasteiger partial charge >= 0.3 is 0 Å². The quantitative estimate of drug-likeness (QED) is 0.169. The van der Waals surface area contributed by atoms with Gasteiger partial charge in [-0.1, -0.05) is 145 Å². The molecule has 0 amide bonds. The van der Waals surface area contributed by atoms with Crippen molar-refractivity contribution >= 4 is 71.4 Å². The average Bonchev–Trinajstić information content (AvgIpc) is 3.06. The SMILES string of the molecule is C(=C=c1ccc2ccc(C#C[C]3C=Cc4cccc5cccc3c45)c3cccc1c23)=c1ccc2cccc3cccc1c32. The van der Waals surface area contributed by atoms with E-state index < -0.39 is 0 Å². The van der Waals surface area contributed by atoms with Crippen molar-refractivity contribution in [3.8, 4) is 11.8 Å². The molecule has 0 heteroatoms. The molecule has 0 saturated heterocycles. The molecule has 43 heavy (non-hydrogen) atoms. The molecule has 0 N–H and O–H groups in total. The Morgan fingerprint density at radius 3 is 1.72 bits per heavy atom. The molecule has 8 aromatic carbocycles. The van der Waals surface area contributed by atoms with E-state index in [9.17, 15) is 0 Å².